The maximum absolute atomic E-state index is 11.4. The Kier molecular flexibility index (Phi) is 4.40. The third-order valence-corrected chi connectivity index (χ3v) is 5.31. The van der Waals surface area contributed by atoms with Gasteiger partial charge in [0.05, 0.1) is 11.5 Å². The monoisotopic (exact) mass is 306 g/mol. The minimum absolute atomic E-state index is 0.0599. The lowest BCUT2D eigenvalue weighted by atomic mass is 10.3. The van der Waals surface area contributed by atoms with E-state index >= 15 is 0 Å². The van der Waals surface area contributed by atoms with Crippen molar-refractivity contribution in [2.75, 3.05) is 24.6 Å². The number of amides is 2. The first-order valence-electron chi connectivity index (χ1n) is 5.04. The van der Waals surface area contributed by atoms with E-state index < -0.39 is 0 Å². The summed E-state index contributed by atoms with van der Waals surface area (Å²) in [5.41, 5.74) is 0. The molecule has 0 unspecified atom stereocenters. The van der Waals surface area contributed by atoms with Crippen LogP contribution in [0.5, 0.6) is 0 Å². The van der Waals surface area contributed by atoms with Gasteiger partial charge in [-0.05, 0) is 6.42 Å². The van der Waals surface area contributed by atoms with Crippen LogP contribution in [0.25, 0.3) is 0 Å². The molecule has 2 aliphatic rings. The van der Waals surface area contributed by atoms with Crippen LogP contribution in [0.4, 0.5) is 0 Å². The fraction of sp³-hybridized carbons (Fsp3) is 0.556. The van der Waals surface area contributed by atoms with Gasteiger partial charge in [0.1, 0.15) is 8.64 Å². The van der Waals surface area contributed by atoms with Gasteiger partial charge in [-0.15, -0.1) is 0 Å². The van der Waals surface area contributed by atoms with Crippen molar-refractivity contribution in [2.45, 2.75) is 6.42 Å². The molecule has 8 heteroatoms. The molecule has 0 aliphatic carbocycles. The Labute approximate surface area is 118 Å². The first-order chi connectivity index (χ1) is 8.09. The van der Waals surface area contributed by atoms with E-state index in [-0.39, 0.29) is 11.8 Å². The zero-order chi connectivity index (χ0) is 12.4. The van der Waals surface area contributed by atoms with Crippen molar-refractivity contribution in [3.63, 3.8) is 0 Å². The summed E-state index contributed by atoms with van der Waals surface area (Å²) >= 11 is 12.9. The summed E-state index contributed by atoms with van der Waals surface area (Å²) in [6, 6.07) is 0. The van der Waals surface area contributed by atoms with Crippen LogP contribution in [-0.4, -0.2) is 54.9 Å². The predicted molar refractivity (Wildman–Crippen MR) is 78.2 cm³/mol. The number of carbonyl (C=O) groups excluding carboxylic acids is 2. The van der Waals surface area contributed by atoms with Gasteiger partial charge in [-0.2, -0.15) is 0 Å². The number of thiocarbonyl (C=S) groups is 2. The standard InChI is InChI=1S/C9H10N2O2S4/c12-6-4-16-8(14)10(6)2-1-3-11-7(13)5-17-9(11)15/h1-5H2. The summed E-state index contributed by atoms with van der Waals surface area (Å²) in [4.78, 5) is 26.1. The molecular weight excluding hydrogens is 296 g/mol. The number of rotatable bonds is 4. The van der Waals surface area contributed by atoms with Crippen LogP contribution < -0.4 is 0 Å². The lowest BCUT2D eigenvalue weighted by Crippen LogP contribution is -2.34. The fourth-order valence-corrected chi connectivity index (χ4v) is 3.82. The molecule has 0 aromatic heterocycles. The van der Waals surface area contributed by atoms with E-state index in [0.717, 1.165) is 0 Å². The highest BCUT2D eigenvalue weighted by Crippen LogP contribution is 2.21. The second-order valence-electron chi connectivity index (χ2n) is 3.55. The Morgan fingerprint density at radius 1 is 0.941 bits per heavy atom. The molecule has 2 saturated heterocycles. The van der Waals surface area contributed by atoms with Crippen LogP contribution in [0.2, 0.25) is 0 Å². The molecule has 2 rings (SSSR count). The van der Waals surface area contributed by atoms with Gasteiger partial charge < -0.3 is 0 Å². The van der Waals surface area contributed by atoms with E-state index in [9.17, 15) is 9.59 Å². The molecule has 4 nitrogen and oxygen atoms in total. The van der Waals surface area contributed by atoms with E-state index in [1.54, 1.807) is 9.80 Å². The van der Waals surface area contributed by atoms with E-state index in [2.05, 4.69) is 0 Å². The normalized spacial score (nSPS) is 20.9. The summed E-state index contributed by atoms with van der Waals surface area (Å²) in [6.07, 6.45) is 0.707. The van der Waals surface area contributed by atoms with Gasteiger partial charge in [0.15, 0.2) is 0 Å². The van der Waals surface area contributed by atoms with Crippen molar-refractivity contribution in [1.29, 1.82) is 0 Å². The number of hydrogen-bond acceptors (Lipinski definition) is 6. The largest absolute Gasteiger partial charge is 0.297 e. The van der Waals surface area contributed by atoms with Crippen molar-refractivity contribution >= 4 is 68.4 Å². The Balaban J connectivity index is 1.79. The summed E-state index contributed by atoms with van der Waals surface area (Å²) < 4.78 is 1.28. The Bertz CT molecular complexity index is 330. The van der Waals surface area contributed by atoms with Gasteiger partial charge in [0.25, 0.3) is 0 Å². The van der Waals surface area contributed by atoms with Crippen molar-refractivity contribution in [2.24, 2.45) is 0 Å². The first-order valence-corrected chi connectivity index (χ1v) is 7.82. The highest BCUT2D eigenvalue weighted by Gasteiger charge is 2.28. The van der Waals surface area contributed by atoms with Crippen molar-refractivity contribution < 1.29 is 9.59 Å². The second-order valence-corrected chi connectivity index (χ2v) is 6.77. The fourth-order valence-electron chi connectivity index (χ4n) is 1.58. The van der Waals surface area contributed by atoms with E-state index in [1.165, 1.54) is 23.5 Å². The predicted octanol–water partition coefficient (Wildman–Crippen LogP) is 1.10. The quantitative estimate of drug-likeness (QED) is 0.725. The molecule has 2 heterocycles. The Morgan fingerprint density at radius 2 is 1.35 bits per heavy atom. The third kappa shape index (κ3) is 2.98. The highest BCUT2D eigenvalue weighted by molar-refractivity contribution is 8.24. The van der Waals surface area contributed by atoms with Crippen LogP contribution >= 0.6 is 48.0 Å². The minimum atomic E-state index is 0.0599. The summed E-state index contributed by atoms with van der Waals surface area (Å²) in [5.74, 6) is 1.00. The lowest BCUT2D eigenvalue weighted by molar-refractivity contribution is -0.124. The van der Waals surface area contributed by atoms with Crippen molar-refractivity contribution in [3.8, 4) is 0 Å². The molecule has 2 amide bonds. The molecule has 0 atom stereocenters. The van der Waals surface area contributed by atoms with Gasteiger partial charge in [0, 0.05) is 13.1 Å². The molecule has 0 N–H and O–H groups in total. The third-order valence-electron chi connectivity index (χ3n) is 2.44. The van der Waals surface area contributed by atoms with Crippen molar-refractivity contribution in [3.05, 3.63) is 0 Å². The SMILES string of the molecule is O=C1CSC(=S)N1CCCN1C(=O)CSC1=S. The van der Waals surface area contributed by atoms with E-state index in [0.29, 0.717) is 39.7 Å². The molecule has 0 radical (unpaired) electrons. The molecule has 0 spiro atoms. The maximum Gasteiger partial charge on any atom is 0.238 e. The average Bonchev–Trinajstić information content (AvgIpc) is 2.77. The molecule has 0 bridgehead atoms. The zero-order valence-corrected chi connectivity index (χ0v) is 12.1. The lowest BCUT2D eigenvalue weighted by Gasteiger charge is -2.18. The zero-order valence-electron chi connectivity index (χ0n) is 8.88. The maximum atomic E-state index is 11.4. The Hall–Kier alpha value is -0.180. The number of carbonyl (C=O) groups is 2. The summed E-state index contributed by atoms with van der Waals surface area (Å²) in [6.45, 7) is 1.14. The average molecular weight is 306 g/mol. The van der Waals surface area contributed by atoms with Crippen LogP contribution in [0.15, 0.2) is 0 Å². The number of hydrogen-bond donors (Lipinski definition) is 0. The van der Waals surface area contributed by atoms with Gasteiger partial charge in [-0.1, -0.05) is 48.0 Å². The van der Waals surface area contributed by atoms with Crippen LogP contribution in [0, 0.1) is 0 Å². The molecule has 0 aromatic rings. The number of nitrogens with zero attached hydrogens (tertiary/aromatic N) is 2. The van der Waals surface area contributed by atoms with Crippen molar-refractivity contribution in [1.82, 2.24) is 9.80 Å². The minimum Gasteiger partial charge on any atom is -0.297 e. The van der Waals surface area contributed by atoms with E-state index in [4.69, 9.17) is 24.4 Å². The van der Waals surface area contributed by atoms with Crippen LogP contribution in [0.3, 0.4) is 0 Å². The van der Waals surface area contributed by atoms with Crippen LogP contribution in [0.1, 0.15) is 6.42 Å². The molecular formula is C9H10N2O2S4. The summed E-state index contributed by atoms with van der Waals surface area (Å²) in [7, 11) is 0. The summed E-state index contributed by atoms with van der Waals surface area (Å²) in [5, 5.41) is 0. The second kappa shape index (κ2) is 5.64. The topological polar surface area (TPSA) is 40.6 Å². The highest BCUT2D eigenvalue weighted by atomic mass is 32.2. The molecule has 17 heavy (non-hydrogen) atoms. The smallest absolute Gasteiger partial charge is 0.238 e. The van der Waals surface area contributed by atoms with Crippen LogP contribution in [-0.2, 0) is 9.59 Å². The number of thioether (sulfide) groups is 2. The Morgan fingerprint density at radius 3 is 1.65 bits per heavy atom. The van der Waals surface area contributed by atoms with E-state index in [1.807, 2.05) is 0 Å². The molecule has 0 aromatic carbocycles. The van der Waals surface area contributed by atoms with Gasteiger partial charge in [-0.25, -0.2) is 0 Å². The van der Waals surface area contributed by atoms with Gasteiger partial charge in [0.2, 0.25) is 11.8 Å². The first kappa shape index (κ1) is 13.3. The molecule has 92 valence electrons. The molecule has 2 aliphatic heterocycles. The van der Waals surface area contributed by atoms with Gasteiger partial charge in [-0.3, -0.25) is 19.4 Å². The van der Waals surface area contributed by atoms with Gasteiger partial charge >= 0.3 is 0 Å². The molecule has 0 saturated carbocycles. The molecule has 2 fully saturated rings.